The largest absolute Gasteiger partial charge is 0.494 e. The van der Waals surface area contributed by atoms with Crippen molar-refractivity contribution in [1.82, 2.24) is 10.2 Å². The third-order valence-electron chi connectivity index (χ3n) is 2.59. The molecule has 0 spiro atoms. The molecule has 0 bridgehead atoms. The number of hydrogen-bond acceptors (Lipinski definition) is 4. The fraction of sp³-hybridized carbons (Fsp3) is 0.643. The lowest BCUT2D eigenvalue weighted by Crippen LogP contribution is -2.42. The smallest absolute Gasteiger partial charge is 0.131 e. The zero-order chi connectivity index (χ0) is 13.4. The van der Waals surface area contributed by atoms with Crippen LogP contribution in [0.25, 0.3) is 0 Å². The molecule has 1 saturated heterocycles. The summed E-state index contributed by atoms with van der Waals surface area (Å²) >= 11 is 0. The zero-order valence-electron chi connectivity index (χ0n) is 11.8. The van der Waals surface area contributed by atoms with Crippen LogP contribution in [0.4, 0.5) is 0 Å². The standard InChI is InChI=1S/C14H25N3O/c1-5-16-14(17-8-6-15-7-9-17)10-13(4)18-11-12(2)3/h5,10,12,15H,4,6-9,11H2,1-3H3/b14-10+,16-5-. The van der Waals surface area contributed by atoms with E-state index in [0.29, 0.717) is 18.3 Å². The summed E-state index contributed by atoms with van der Waals surface area (Å²) < 4.78 is 5.58. The molecule has 0 unspecified atom stereocenters. The number of ether oxygens (including phenoxy) is 1. The highest BCUT2D eigenvalue weighted by Crippen LogP contribution is 2.11. The molecule has 1 rings (SSSR count). The second kappa shape index (κ2) is 7.93. The Labute approximate surface area is 110 Å². The molecule has 0 radical (unpaired) electrons. The van der Waals surface area contributed by atoms with Gasteiger partial charge in [-0.05, 0) is 12.8 Å². The fourth-order valence-corrected chi connectivity index (χ4v) is 1.70. The number of hydrogen-bond donors (Lipinski definition) is 1. The SMILES string of the molecule is C=C(/C=C(\N=C/C)N1CCNCC1)OCC(C)C. The molecule has 4 nitrogen and oxygen atoms in total. The Bertz CT molecular complexity index is 315. The molecule has 1 heterocycles. The van der Waals surface area contributed by atoms with Crippen molar-refractivity contribution in [1.29, 1.82) is 0 Å². The topological polar surface area (TPSA) is 36.9 Å². The highest BCUT2D eigenvalue weighted by atomic mass is 16.5. The van der Waals surface area contributed by atoms with Gasteiger partial charge in [0.15, 0.2) is 0 Å². The number of nitrogens with one attached hydrogen (secondary N) is 1. The molecule has 1 N–H and O–H groups in total. The highest BCUT2D eigenvalue weighted by molar-refractivity contribution is 5.55. The van der Waals surface area contributed by atoms with Crippen molar-refractivity contribution < 1.29 is 4.74 Å². The third kappa shape index (κ3) is 5.36. The van der Waals surface area contributed by atoms with E-state index in [1.807, 2.05) is 19.2 Å². The van der Waals surface area contributed by atoms with Crippen molar-refractivity contribution >= 4 is 6.21 Å². The lowest BCUT2D eigenvalue weighted by Gasteiger charge is -2.29. The van der Waals surface area contributed by atoms with Crippen LogP contribution in [0.15, 0.2) is 29.2 Å². The van der Waals surface area contributed by atoms with Gasteiger partial charge >= 0.3 is 0 Å². The Balaban J connectivity index is 2.61. The second-order valence-electron chi connectivity index (χ2n) is 4.80. The first-order chi connectivity index (χ1) is 8.63. The van der Waals surface area contributed by atoms with Crippen LogP contribution < -0.4 is 5.32 Å². The van der Waals surface area contributed by atoms with Gasteiger partial charge in [0.25, 0.3) is 0 Å². The first kappa shape index (κ1) is 14.8. The van der Waals surface area contributed by atoms with Crippen molar-refractivity contribution in [2.75, 3.05) is 32.8 Å². The van der Waals surface area contributed by atoms with Crippen molar-refractivity contribution in [2.24, 2.45) is 10.9 Å². The molecule has 0 aliphatic carbocycles. The summed E-state index contributed by atoms with van der Waals surface area (Å²) in [5.74, 6) is 2.13. The van der Waals surface area contributed by atoms with E-state index in [2.05, 4.69) is 35.6 Å². The van der Waals surface area contributed by atoms with Crippen LogP contribution in [0.3, 0.4) is 0 Å². The van der Waals surface area contributed by atoms with Crippen molar-refractivity contribution in [2.45, 2.75) is 20.8 Å². The van der Waals surface area contributed by atoms with Crippen molar-refractivity contribution in [3.63, 3.8) is 0 Å². The van der Waals surface area contributed by atoms with Gasteiger partial charge in [0.2, 0.25) is 0 Å². The van der Waals surface area contributed by atoms with Crippen molar-refractivity contribution in [3.05, 3.63) is 24.2 Å². The van der Waals surface area contributed by atoms with Gasteiger partial charge in [-0.3, -0.25) is 0 Å². The third-order valence-corrected chi connectivity index (χ3v) is 2.59. The minimum Gasteiger partial charge on any atom is -0.494 e. The fourth-order valence-electron chi connectivity index (χ4n) is 1.70. The van der Waals surface area contributed by atoms with Gasteiger partial charge in [-0.1, -0.05) is 20.4 Å². The van der Waals surface area contributed by atoms with Gasteiger partial charge in [-0.2, -0.15) is 0 Å². The average Bonchev–Trinajstić information content (AvgIpc) is 2.37. The molecule has 4 heteroatoms. The minimum atomic E-state index is 0.507. The molecule has 0 aromatic rings. The molecule has 0 saturated carbocycles. The molecular weight excluding hydrogens is 226 g/mol. The van der Waals surface area contributed by atoms with E-state index in [1.54, 1.807) is 0 Å². The zero-order valence-corrected chi connectivity index (χ0v) is 11.8. The second-order valence-corrected chi connectivity index (χ2v) is 4.80. The lowest BCUT2D eigenvalue weighted by molar-refractivity contribution is 0.189. The summed E-state index contributed by atoms with van der Waals surface area (Å²) in [5, 5.41) is 3.33. The van der Waals surface area contributed by atoms with Crippen LogP contribution in [0.1, 0.15) is 20.8 Å². The molecule has 0 aromatic carbocycles. The van der Waals surface area contributed by atoms with E-state index in [4.69, 9.17) is 4.74 Å². The van der Waals surface area contributed by atoms with Crippen LogP contribution in [-0.4, -0.2) is 43.9 Å². The molecule has 0 aromatic heterocycles. The Morgan fingerprint density at radius 3 is 2.67 bits per heavy atom. The molecular formula is C14H25N3O. The van der Waals surface area contributed by atoms with Gasteiger partial charge in [-0.15, -0.1) is 0 Å². The molecule has 0 amide bonds. The van der Waals surface area contributed by atoms with E-state index in [1.165, 1.54) is 0 Å². The molecule has 1 aliphatic heterocycles. The summed E-state index contributed by atoms with van der Waals surface area (Å²) in [6.07, 6.45) is 3.73. The van der Waals surface area contributed by atoms with E-state index in [-0.39, 0.29) is 0 Å². The number of rotatable bonds is 6. The summed E-state index contributed by atoms with van der Waals surface area (Å²) in [4.78, 5) is 6.66. The maximum Gasteiger partial charge on any atom is 0.131 e. The molecule has 1 fully saturated rings. The predicted molar refractivity (Wildman–Crippen MR) is 76.6 cm³/mol. The lowest BCUT2D eigenvalue weighted by atomic mass is 10.2. The Morgan fingerprint density at radius 2 is 2.11 bits per heavy atom. The average molecular weight is 251 g/mol. The number of nitrogens with zero attached hydrogens (tertiary/aromatic N) is 2. The van der Waals surface area contributed by atoms with Crippen LogP contribution in [0.5, 0.6) is 0 Å². The number of aliphatic imine (C=N–C) groups is 1. The minimum absolute atomic E-state index is 0.507. The summed E-state index contributed by atoms with van der Waals surface area (Å²) in [6.45, 7) is 14.7. The van der Waals surface area contributed by atoms with E-state index < -0.39 is 0 Å². The van der Waals surface area contributed by atoms with E-state index >= 15 is 0 Å². The van der Waals surface area contributed by atoms with Gasteiger partial charge in [0, 0.05) is 38.5 Å². The number of allylic oxidation sites excluding steroid dienone is 1. The van der Waals surface area contributed by atoms with Crippen LogP contribution in [0, 0.1) is 5.92 Å². The normalized spacial score (nSPS) is 17.6. The van der Waals surface area contributed by atoms with Gasteiger partial charge < -0.3 is 15.0 Å². The van der Waals surface area contributed by atoms with E-state index in [9.17, 15) is 0 Å². The Morgan fingerprint density at radius 1 is 1.44 bits per heavy atom. The summed E-state index contributed by atoms with van der Waals surface area (Å²) in [6, 6.07) is 0. The predicted octanol–water partition coefficient (Wildman–Crippen LogP) is 2.01. The van der Waals surface area contributed by atoms with Gasteiger partial charge in [0.1, 0.15) is 11.6 Å². The van der Waals surface area contributed by atoms with Crippen LogP contribution in [-0.2, 0) is 4.74 Å². The molecule has 102 valence electrons. The Hall–Kier alpha value is -1.29. The van der Waals surface area contributed by atoms with Gasteiger partial charge in [0.05, 0.1) is 6.61 Å². The quantitative estimate of drug-likeness (QED) is 0.446. The first-order valence-electron chi connectivity index (χ1n) is 6.61. The number of piperazine rings is 1. The molecule has 1 aliphatic rings. The summed E-state index contributed by atoms with van der Waals surface area (Å²) in [5.41, 5.74) is 0. The summed E-state index contributed by atoms with van der Waals surface area (Å²) in [7, 11) is 0. The van der Waals surface area contributed by atoms with Gasteiger partial charge in [-0.25, -0.2) is 4.99 Å². The monoisotopic (exact) mass is 251 g/mol. The van der Waals surface area contributed by atoms with Crippen molar-refractivity contribution in [3.8, 4) is 0 Å². The molecule has 18 heavy (non-hydrogen) atoms. The van der Waals surface area contributed by atoms with Crippen LogP contribution >= 0.6 is 0 Å². The van der Waals surface area contributed by atoms with Crippen LogP contribution in [0.2, 0.25) is 0 Å². The maximum atomic E-state index is 5.58. The van der Waals surface area contributed by atoms with E-state index in [0.717, 1.165) is 32.0 Å². The Kier molecular flexibility index (Phi) is 6.50. The maximum absolute atomic E-state index is 5.58. The first-order valence-corrected chi connectivity index (χ1v) is 6.61. The molecule has 0 atom stereocenters. The highest BCUT2D eigenvalue weighted by Gasteiger charge is 2.12.